The lowest BCUT2D eigenvalue weighted by Gasteiger charge is -2.32. The molecule has 3 N–H and O–H groups in total. The molecule has 2 aliphatic rings. The predicted molar refractivity (Wildman–Crippen MR) is 104 cm³/mol. The summed E-state index contributed by atoms with van der Waals surface area (Å²) in [5.74, 6) is -0.0143. The zero-order valence-electron chi connectivity index (χ0n) is 14.6. The Hall–Kier alpha value is -0.850. The Bertz CT molecular complexity index is 538. The van der Waals surface area contributed by atoms with Gasteiger partial charge < -0.3 is 15.8 Å². The van der Waals surface area contributed by atoms with E-state index in [1.165, 1.54) is 5.56 Å². The molecule has 5 nitrogen and oxygen atoms in total. The second-order valence-electron chi connectivity index (χ2n) is 6.94. The highest BCUT2D eigenvalue weighted by Gasteiger charge is 2.38. The molecule has 2 saturated heterocycles. The first-order valence-corrected chi connectivity index (χ1v) is 8.52. The molecule has 0 aliphatic carbocycles. The van der Waals surface area contributed by atoms with Gasteiger partial charge in [0.1, 0.15) is 0 Å². The Morgan fingerprint density at radius 1 is 1.28 bits per heavy atom. The van der Waals surface area contributed by atoms with E-state index in [-0.39, 0.29) is 36.8 Å². The molecule has 1 aromatic rings. The van der Waals surface area contributed by atoms with Crippen LogP contribution in [0.2, 0.25) is 0 Å². The van der Waals surface area contributed by atoms with E-state index in [1.54, 1.807) is 0 Å². The van der Waals surface area contributed by atoms with E-state index in [4.69, 9.17) is 10.5 Å². The number of carbonyl (C=O) groups is 1. The highest BCUT2D eigenvalue weighted by atomic mass is 35.5. The predicted octanol–water partition coefficient (Wildman–Crippen LogP) is 2.12. The third-order valence-electron chi connectivity index (χ3n) is 5.10. The molecule has 0 spiro atoms. The maximum Gasteiger partial charge on any atom is 0.240 e. The number of hydrogen-bond acceptors (Lipinski definition) is 4. The van der Waals surface area contributed by atoms with Crippen LogP contribution in [0.4, 0.5) is 0 Å². The van der Waals surface area contributed by atoms with Gasteiger partial charge in [-0.3, -0.25) is 9.69 Å². The standard InChI is InChI=1S/C18H27N3O2.2ClH/c1-14-11-16(13-21(14)12-15-5-3-2-4-6-15)20-17(22)18(19)7-9-23-10-8-18;;/h2-6,14,16H,7-13,19H2,1H3,(H,20,22);2*1H. The molecule has 0 radical (unpaired) electrons. The van der Waals surface area contributed by atoms with Crippen molar-refractivity contribution in [2.45, 2.75) is 50.4 Å². The number of hydrogen-bond donors (Lipinski definition) is 2. The van der Waals surface area contributed by atoms with Crippen molar-refractivity contribution in [3.05, 3.63) is 35.9 Å². The molecule has 2 atom stereocenters. The van der Waals surface area contributed by atoms with E-state index in [9.17, 15) is 4.79 Å². The van der Waals surface area contributed by atoms with Crippen LogP contribution < -0.4 is 11.1 Å². The maximum atomic E-state index is 12.5. The van der Waals surface area contributed by atoms with E-state index in [0.29, 0.717) is 32.1 Å². The van der Waals surface area contributed by atoms with Gasteiger partial charge in [0.25, 0.3) is 0 Å². The van der Waals surface area contributed by atoms with Crippen LogP contribution in [0.5, 0.6) is 0 Å². The minimum Gasteiger partial charge on any atom is -0.381 e. The van der Waals surface area contributed by atoms with Crippen molar-refractivity contribution >= 4 is 30.7 Å². The Balaban J connectivity index is 0.00000156. The molecule has 0 bridgehead atoms. The van der Waals surface area contributed by atoms with Crippen molar-refractivity contribution in [2.24, 2.45) is 5.73 Å². The topological polar surface area (TPSA) is 67.6 Å². The summed E-state index contributed by atoms with van der Waals surface area (Å²) in [6, 6.07) is 11.1. The van der Waals surface area contributed by atoms with Crippen molar-refractivity contribution in [1.82, 2.24) is 10.2 Å². The number of ether oxygens (including phenoxy) is 1. The molecule has 1 aromatic carbocycles. The number of nitrogens with zero attached hydrogens (tertiary/aromatic N) is 1. The molecule has 2 fully saturated rings. The van der Waals surface area contributed by atoms with Crippen LogP contribution in [0.1, 0.15) is 31.7 Å². The van der Waals surface area contributed by atoms with Crippen LogP contribution in [0.15, 0.2) is 30.3 Å². The van der Waals surface area contributed by atoms with Crippen LogP contribution in [0.25, 0.3) is 0 Å². The SMILES string of the molecule is CC1CC(NC(=O)C2(N)CCOCC2)CN1Cc1ccccc1.Cl.Cl. The smallest absolute Gasteiger partial charge is 0.240 e. The van der Waals surface area contributed by atoms with Gasteiger partial charge in [-0.25, -0.2) is 0 Å². The van der Waals surface area contributed by atoms with Gasteiger partial charge in [0.15, 0.2) is 0 Å². The molecule has 25 heavy (non-hydrogen) atoms. The van der Waals surface area contributed by atoms with Crippen LogP contribution in [-0.4, -0.2) is 48.2 Å². The monoisotopic (exact) mass is 389 g/mol. The molecule has 142 valence electrons. The molecule has 2 unspecified atom stereocenters. The molecule has 2 aliphatic heterocycles. The van der Waals surface area contributed by atoms with E-state index in [1.807, 2.05) is 6.07 Å². The molecule has 0 saturated carbocycles. The van der Waals surface area contributed by atoms with Gasteiger partial charge in [0.2, 0.25) is 5.91 Å². The van der Waals surface area contributed by atoms with E-state index in [0.717, 1.165) is 19.5 Å². The minimum absolute atomic E-state index is 0. The molecular weight excluding hydrogens is 361 g/mol. The van der Waals surface area contributed by atoms with Gasteiger partial charge in [-0.2, -0.15) is 0 Å². The summed E-state index contributed by atoms with van der Waals surface area (Å²) in [6.45, 7) is 5.18. The number of carbonyl (C=O) groups excluding carboxylic acids is 1. The quantitative estimate of drug-likeness (QED) is 0.827. The summed E-state index contributed by atoms with van der Waals surface area (Å²) >= 11 is 0. The zero-order chi connectivity index (χ0) is 16.3. The highest BCUT2D eigenvalue weighted by Crippen LogP contribution is 2.22. The lowest BCUT2D eigenvalue weighted by atomic mass is 9.90. The average Bonchev–Trinajstić information content (AvgIpc) is 2.88. The van der Waals surface area contributed by atoms with Crippen molar-refractivity contribution in [2.75, 3.05) is 19.8 Å². The fraction of sp³-hybridized carbons (Fsp3) is 0.611. The van der Waals surface area contributed by atoms with E-state index < -0.39 is 5.54 Å². The fourth-order valence-electron chi connectivity index (χ4n) is 3.53. The molecule has 2 heterocycles. The largest absolute Gasteiger partial charge is 0.381 e. The Morgan fingerprint density at radius 3 is 2.56 bits per heavy atom. The van der Waals surface area contributed by atoms with Gasteiger partial charge in [-0.1, -0.05) is 30.3 Å². The number of halogens is 2. The van der Waals surface area contributed by atoms with Crippen molar-refractivity contribution in [3.63, 3.8) is 0 Å². The van der Waals surface area contributed by atoms with Crippen molar-refractivity contribution < 1.29 is 9.53 Å². The van der Waals surface area contributed by atoms with Crippen LogP contribution >= 0.6 is 24.8 Å². The number of nitrogens with one attached hydrogen (secondary N) is 1. The Labute approximate surface area is 162 Å². The van der Waals surface area contributed by atoms with Crippen LogP contribution in [-0.2, 0) is 16.1 Å². The van der Waals surface area contributed by atoms with Gasteiger partial charge in [-0.15, -0.1) is 24.8 Å². The van der Waals surface area contributed by atoms with Gasteiger partial charge in [0, 0.05) is 38.4 Å². The number of likely N-dealkylation sites (tertiary alicyclic amines) is 1. The fourth-order valence-corrected chi connectivity index (χ4v) is 3.53. The summed E-state index contributed by atoms with van der Waals surface area (Å²) in [7, 11) is 0. The molecule has 0 aromatic heterocycles. The second-order valence-corrected chi connectivity index (χ2v) is 6.94. The second kappa shape index (κ2) is 9.74. The zero-order valence-corrected chi connectivity index (χ0v) is 16.3. The normalized spacial score (nSPS) is 25.5. The van der Waals surface area contributed by atoms with E-state index in [2.05, 4.69) is 41.4 Å². The van der Waals surface area contributed by atoms with Gasteiger partial charge in [-0.05, 0) is 31.7 Å². The summed E-state index contributed by atoms with van der Waals surface area (Å²) in [5, 5.41) is 3.17. The minimum atomic E-state index is -0.756. The molecule has 1 amide bonds. The van der Waals surface area contributed by atoms with Crippen molar-refractivity contribution in [3.8, 4) is 0 Å². The third kappa shape index (κ3) is 5.56. The third-order valence-corrected chi connectivity index (χ3v) is 5.10. The number of nitrogens with two attached hydrogens (primary N) is 1. The van der Waals surface area contributed by atoms with Crippen molar-refractivity contribution in [1.29, 1.82) is 0 Å². The van der Waals surface area contributed by atoms with Gasteiger partial charge >= 0.3 is 0 Å². The Kier molecular flexibility index (Phi) is 8.64. The average molecular weight is 390 g/mol. The summed E-state index contributed by atoms with van der Waals surface area (Å²) in [5.41, 5.74) is 6.82. The summed E-state index contributed by atoms with van der Waals surface area (Å²) in [4.78, 5) is 15.0. The first kappa shape index (κ1) is 22.2. The highest BCUT2D eigenvalue weighted by molar-refractivity contribution is 5.86. The number of amides is 1. The summed E-state index contributed by atoms with van der Waals surface area (Å²) < 4.78 is 5.32. The molecular formula is C18H29Cl2N3O2. The first-order valence-electron chi connectivity index (χ1n) is 8.52. The Morgan fingerprint density at radius 2 is 1.92 bits per heavy atom. The summed E-state index contributed by atoms with van der Waals surface area (Å²) in [6.07, 6.45) is 2.19. The van der Waals surface area contributed by atoms with Gasteiger partial charge in [0.05, 0.1) is 5.54 Å². The number of benzene rings is 1. The van der Waals surface area contributed by atoms with Crippen LogP contribution in [0.3, 0.4) is 0 Å². The first-order chi connectivity index (χ1) is 11.1. The van der Waals surface area contributed by atoms with Crippen LogP contribution in [0, 0.1) is 0 Å². The lowest BCUT2D eigenvalue weighted by molar-refractivity contribution is -0.130. The molecule has 7 heteroatoms. The molecule has 3 rings (SSSR count). The lowest BCUT2D eigenvalue weighted by Crippen LogP contribution is -2.58. The van der Waals surface area contributed by atoms with E-state index >= 15 is 0 Å². The maximum absolute atomic E-state index is 12.5. The number of rotatable bonds is 4.